The summed E-state index contributed by atoms with van der Waals surface area (Å²) in [5.41, 5.74) is 4.41. The highest BCUT2D eigenvalue weighted by molar-refractivity contribution is 7.46. The van der Waals surface area contributed by atoms with Crippen molar-refractivity contribution in [2.45, 2.75) is 33.4 Å². The van der Waals surface area contributed by atoms with Crippen molar-refractivity contribution in [1.29, 1.82) is 0 Å². The quantitative estimate of drug-likeness (QED) is 0.829. The third-order valence-electron chi connectivity index (χ3n) is 3.67. The molecule has 0 aliphatic carbocycles. The van der Waals surface area contributed by atoms with Crippen LogP contribution < -0.4 is 0 Å². The molecule has 2 rings (SSSR count). The zero-order chi connectivity index (χ0) is 15.6. The first-order chi connectivity index (χ1) is 9.79. The predicted molar refractivity (Wildman–Crippen MR) is 78.8 cm³/mol. The van der Waals surface area contributed by atoms with Gasteiger partial charge in [-0.05, 0) is 30.5 Å². The summed E-state index contributed by atoms with van der Waals surface area (Å²) >= 11 is 0. The highest BCUT2D eigenvalue weighted by atomic mass is 31.2. The second-order valence-corrected chi connectivity index (χ2v) is 6.29. The lowest BCUT2D eigenvalue weighted by Crippen LogP contribution is -2.09. The SMILES string of the molecule is Cc1cccc([C@H](C)c2cncn2COP(=O)(O)O)c1C. The molecule has 1 atom stereocenters. The smallest absolute Gasteiger partial charge is 0.309 e. The summed E-state index contributed by atoms with van der Waals surface area (Å²) in [5, 5.41) is 0. The van der Waals surface area contributed by atoms with E-state index >= 15 is 0 Å². The van der Waals surface area contributed by atoms with Crippen molar-refractivity contribution in [1.82, 2.24) is 9.55 Å². The molecule has 0 aliphatic heterocycles. The number of hydrogen-bond donors (Lipinski definition) is 2. The first kappa shape index (κ1) is 15.9. The van der Waals surface area contributed by atoms with E-state index in [1.54, 1.807) is 10.8 Å². The van der Waals surface area contributed by atoms with Crippen molar-refractivity contribution < 1.29 is 18.9 Å². The van der Waals surface area contributed by atoms with Crippen LogP contribution in [0.5, 0.6) is 0 Å². The maximum atomic E-state index is 10.8. The van der Waals surface area contributed by atoms with E-state index in [1.807, 2.05) is 19.1 Å². The maximum Gasteiger partial charge on any atom is 0.471 e. The molecular formula is C14H19N2O4P. The van der Waals surface area contributed by atoms with Gasteiger partial charge in [0.25, 0.3) is 0 Å². The first-order valence-corrected chi connectivity index (χ1v) is 8.09. The van der Waals surface area contributed by atoms with Gasteiger partial charge >= 0.3 is 7.82 Å². The summed E-state index contributed by atoms with van der Waals surface area (Å²) in [5.74, 6) is 0.0489. The third-order valence-corrected chi connectivity index (χ3v) is 4.12. The molecule has 6 nitrogen and oxygen atoms in total. The van der Waals surface area contributed by atoms with E-state index in [2.05, 4.69) is 29.4 Å². The van der Waals surface area contributed by atoms with Crippen LogP contribution in [-0.4, -0.2) is 19.3 Å². The van der Waals surface area contributed by atoms with E-state index in [-0.39, 0.29) is 12.6 Å². The van der Waals surface area contributed by atoms with E-state index in [0.29, 0.717) is 0 Å². The molecule has 1 aromatic carbocycles. The van der Waals surface area contributed by atoms with Crippen molar-refractivity contribution in [2.75, 3.05) is 0 Å². The number of nitrogens with zero attached hydrogens (tertiary/aromatic N) is 2. The van der Waals surface area contributed by atoms with Crippen LogP contribution in [0, 0.1) is 13.8 Å². The van der Waals surface area contributed by atoms with Crippen LogP contribution in [0.2, 0.25) is 0 Å². The van der Waals surface area contributed by atoms with Gasteiger partial charge in [-0.25, -0.2) is 9.55 Å². The minimum Gasteiger partial charge on any atom is -0.309 e. The largest absolute Gasteiger partial charge is 0.471 e. The zero-order valence-electron chi connectivity index (χ0n) is 12.2. The average Bonchev–Trinajstić information content (AvgIpc) is 2.86. The van der Waals surface area contributed by atoms with Crippen molar-refractivity contribution in [3.05, 3.63) is 53.1 Å². The molecular weight excluding hydrogens is 291 g/mol. The predicted octanol–water partition coefficient (Wildman–Crippen LogP) is 2.72. The minimum absolute atomic E-state index is 0.0489. The fourth-order valence-corrected chi connectivity index (χ4v) is 2.61. The van der Waals surface area contributed by atoms with Gasteiger partial charge in [0.2, 0.25) is 0 Å². The molecule has 0 amide bonds. The lowest BCUT2D eigenvalue weighted by atomic mass is 9.91. The van der Waals surface area contributed by atoms with Crippen molar-refractivity contribution >= 4 is 7.82 Å². The Balaban J connectivity index is 2.28. The van der Waals surface area contributed by atoms with Gasteiger partial charge in [-0.2, -0.15) is 0 Å². The number of phosphoric ester groups is 1. The maximum absolute atomic E-state index is 10.8. The molecule has 1 heterocycles. The normalized spacial score (nSPS) is 13.4. The van der Waals surface area contributed by atoms with Gasteiger partial charge in [0.05, 0.1) is 6.33 Å². The lowest BCUT2D eigenvalue weighted by Gasteiger charge is -2.18. The zero-order valence-corrected chi connectivity index (χ0v) is 13.1. The van der Waals surface area contributed by atoms with Gasteiger partial charge in [0, 0.05) is 17.8 Å². The highest BCUT2D eigenvalue weighted by Crippen LogP contribution is 2.37. The Hall–Kier alpha value is -1.46. The number of rotatable bonds is 5. The fraction of sp³-hybridized carbons (Fsp3) is 0.357. The second kappa shape index (κ2) is 6.12. The molecule has 0 saturated heterocycles. The van der Waals surface area contributed by atoms with Gasteiger partial charge in [-0.1, -0.05) is 25.1 Å². The number of benzene rings is 1. The van der Waals surface area contributed by atoms with Crippen LogP contribution in [0.15, 0.2) is 30.7 Å². The van der Waals surface area contributed by atoms with E-state index in [0.717, 1.165) is 11.3 Å². The van der Waals surface area contributed by atoms with Crippen LogP contribution in [0.1, 0.15) is 35.2 Å². The van der Waals surface area contributed by atoms with Crippen LogP contribution >= 0.6 is 7.82 Å². The van der Waals surface area contributed by atoms with E-state index < -0.39 is 7.82 Å². The highest BCUT2D eigenvalue weighted by Gasteiger charge is 2.19. The molecule has 0 radical (unpaired) electrons. The van der Waals surface area contributed by atoms with Gasteiger partial charge in [0.1, 0.15) is 6.73 Å². The Morgan fingerprint density at radius 3 is 2.76 bits per heavy atom. The number of aromatic nitrogens is 2. The van der Waals surface area contributed by atoms with Gasteiger partial charge in [0.15, 0.2) is 0 Å². The summed E-state index contributed by atoms with van der Waals surface area (Å²) in [4.78, 5) is 21.6. The van der Waals surface area contributed by atoms with Crippen LogP contribution in [0.3, 0.4) is 0 Å². The molecule has 114 valence electrons. The fourth-order valence-electron chi connectivity index (χ4n) is 2.34. The van der Waals surface area contributed by atoms with Crippen LogP contribution in [0.4, 0.5) is 0 Å². The van der Waals surface area contributed by atoms with Crippen LogP contribution in [0.25, 0.3) is 0 Å². The molecule has 2 aromatic rings. The Bertz CT molecular complexity index is 677. The molecule has 0 spiro atoms. The van der Waals surface area contributed by atoms with Crippen molar-refractivity contribution in [3.63, 3.8) is 0 Å². The Morgan fingerprint density at radius 1 is 1.38 bits per heavy atom. The molecule has 0 aliphatic rings. The number of imidazole rings is 1. The minimum atomic E-state index is -4.49. The molecule has 0 bridgehead atoms. The standard InChI is InChI=1S/C14H19N2O4P/c1-10-5-4-6-13(11(10)2)12(3)14-7-15-8-16(14)9-20-21(17,18)19/h4-8,12H,9H2,1-3H3,(H2,17,18,19)/t12-/m0/s1. The summed E-state index contributed by atoms with van der Waals surface area (Å²) < 4.78 is 17.0. The number of hydrogen-bond acceptors (Lipinski definition) is 3. The van der Waals surface area contributed by atoms with Crippen molar-refractivity contribution in [2.24, 2.45) is 0 Å². The number of phosphoric acid groups is 1. The number of aryl methyl sites for hydroxylation is 1. The van der Waals surface area contributed by atoms with Gasteiger partial charge < -0.3 is 14.4 Å². The summed E-state index contributed by atoms with van der Waals surface area (Å²) in [7, 11) is -4.49. The molecule has 1 aromatic heterocycles. The van der Waals surface area contributed by atoms with E-state index in [9.17, 15) is 4.57 Å². The average molecular weight is 310 g/mol. The monoisotopic (exact) mass is 310 g/mol. The third kappa shape index (κ3) is 3.80. The van der Waals surface area contributed by atoms with Gasteiger partial charge in [-0.15, -0.1) is 0 Å². The molecule has 0 fully saturated rings. The lowest BCUT2D eigenvalue weighted by molar-refractivity contribution is 0.151. The summed E-state index contributed by atoms with van der Waals surface area (Å²) in [6.45, 7) is 5.93. The summed E-state index contributed by atoms with van der Waals surface area (Å²) in [6.07, 6.45) is 3.20. The van der Waals surface area contributed by atoms with Crippen molar-refractivity contribution in [3.8, 4) is 0 Å². The van der Waals surface area contributed by atoms with E-state index in [4.69, 9.17) is 9.79 Å². The van der Waals surface area contributed by atoms with E-state index in [1.165, 1.54) is 17.5 Å². The Kier molecular flexibility index (Phi) is 4.64. The first-order valence-electron chi connectivity index (χ1n) is 6.56. The topological polar surface area (TPSA) is 84.6 Å². The molecule has 0 unspecified atom stereocenters. The molecule has 0 saturated carbocycles. The Morgan fingerprint density at radius 2 is 2.10 bits per heavy atom. The molecule has 2 N–H and O–H groups in total. The molecule has 7 heteroatoms. The van der Waals surface area contributed by atoms with Crippen LogP contribution in [-0.2, 0) is 15.8 Å². The summed E-state index contributed by atoms with van der Waals surface area (Å²) in [6, 6.07) is 6.11. The second-order valence-electron chi connectivity index (χ2n) is 5.05. The molecule has 21 heavy (non-hydrogen) atoms. The Labute approximate surface area is 123 Å². The van der Waals surface area contributed by atoms with Gasteiger partial charge in [-0.3, -0.25) is 4.52 Å².